The highest BCUT2D eigenvalue weighted by atomic mass is 16.2. The largest absolute Gasteiger partial charge is 0.351 e. The Morgan fingerprint density at radius 1 is 1.33 bits per heavy atom. The normalized spacial score (nSPS) is 12.1. The lowest BCUT2D eigenvalue weighted by Crippen LogP contribution is -2.41. The molecule has 0 radical (unpaired) electrons. The van der Waals surface area contributed by atoms with E-state index in [0.29, 0.717) is 19.5 Å². The van der Waals surface area contributed by atoms with Crippen LogP contribution in [0.5, 0.6) is 0 Å². The van der Waals surface area contributed by atoms with Crippen molar-refractivity contribution in [2.45, 2.75) is 19.0 Å². The van der Waals surface area contributed by atoms with E-state index in [1.54, 1.807) is 0 Å². The molecule has 0 heterocycles. The van der Waals surface area contributed by atoms with E-state index in [1.807, 2.05) is 30.3 Å². The molecule has 82 valence electrons. The first-order chi connectivity index (χ1) is 7.24. The number of carbonyl (C=O) groups is 1. The van der Waals surface area contributed by atoms with Crippen molar-refractivity contribution in [3.05, 3.63) is 35.9 Å². The molecule has 0 spiro atoms. The van der Waals surface area contributed by atoms with Gasteiger partial charge >= 0.3 is 0 Å². The van der Waals surface area contributed by atoms with Crippen LogP contribution < -0.4 is 16.8 Å². The summed E-state index contributed by atoms with van der Waals surface area (Å²) in [6.45, 7) is 0.942. The molecule has 5 N–H and O–H groups in total. The van der Waals surface area contributed by atoms with Gasteiger partial charge < -0.3 is 16.8 Å². The van der Waals surface area contributed by atoms with Gasteiger partial charge in [-0.3, -0.25) is 4.79 Å². The van der Waals surface area contributed by atoms with Gasteiger partial charge in [0.15, 0.2) is 0 Å². The molecule has 0 bridgehead atoms. The number of nitrogens with one attached hydrogen (secondary N) is 1. The van der Waals surface area contributed by atoms with E-state index in [2.05, 4.69) is 5.32 Å². The number of rotatable bonds is 5. The van der Waals surface area contributed by atoms with Crippen LogP contribution in [-0.2, 0) is 11.3 Å². The molecule has 4 nitrogen and oxygen atoms in total. The monoisotopic (exact) mass is 207 g/mol. The summed E-state index contributed by atoms with van der Waals surface area (Å²) in [4.78, 5) is 11.4. The molecule has 0 aromatic heterocycles. The van der Waals surface area contributed by atoms with Gasteiger partial charge in [-0.05, 0) is 18.5 Å². The Bertz CT molecular complexity index is 300. The quantitative estimate of drug-likeness (QED) is 0.634. The highest BCUT2D eigenvalue weighted by Crippen LogP contribution is 1.97. The van der Waals surface area contributed by atoms with Gasteiger partial charge in [-0.25, -0.2) is 0 Å². The van der Waals surface area contributed by atoms with Gasteiger partial charge in [-0.15, -0.1) is 0 Å². The number of nitrogens with two attached hydrogens (primary N) is 2. The number of benzene rings is 1. The van der Waals surface area contributed by atoms with E-state index in [9.17, 15) is 4.79 Å². The van der Waals surface area contributed by atoms with Gasteiger partial charge in [-0.1, -0.05) is 30.3 Å². The van der Waals surface area contributed by atoms with Crippen molar-refractivity contribution in [1.82, 2.24) is 5.32 Å². The summed E-state index contributed by atoms with van der Waals surface area (Å²) < 4.78 is 0. The van der Waals surface area contributed by atoms with E-state index in [0.717, 1.165) is 5.56 Å². The summed E-state index contributed by atoms with van der Waals surface area (Å²) in [6, 6.07) is 9.20. The fourth-order valence-electron chi connectivity index (χ4n) is 1.23. The Balaban J connectivity index is 2.34. The molecule has 1 rings (SSSR count). The Morgan fingerprint density at radius 2 is 2.00 bits per heavy atom. The zero-order chi connectivity index (χ0) is 11.1. The maximum atomic E-state index is 11.4. The summed E-state index contributed by atoms with van der Waals surface area (Å²) in [6.07, 6.45) is 0.515. The molecular weight excluding hydrogens is 190 g/mol. The van der Waals surface area contributed by atoms with E-state index in [1.165, 1.54) is 0 Å². The van der Waals surface area contributed by atoms with E-state index in [4.69, 9.17) is 11.5 Å². The van der Waals surface area contributed by atoms with Crippen LogP contribution in [-0.4, -0.2) is 18.5 Å². The second-order valence-corrected chi connectivity index (χ2v) is 3.39. The predicted molar refractivity (Wildman–Crippen MR) is 59.9 cm³/mol. The maximum Gasteiger partial charge on any atom is 0.237 e. The van der Waals surface area contributed by atoms with Crippen molar-refractivity contribution in [2.24, 2.45) is 11.5 Å². The molecule has 4 heteroatoms. The molecule has 1 atom stereocenters. The fraction of sp³-hybridized carbons (Fsp3) is 0.364. The molecule has 1 aromatic carbocycles. The minimum atomic E-state index is -0.501. The molecular formula is C11H17N3O. The Hall–Kier alpha value is -1.39. The standard InChI is InChI=1S/C11H17N3O/c12-7-6-10(13)11(15)14-8-9-4-2-1-3-5-9/h1-5,10H,6-8,12-13H2,(H,14,15). The molecule has 0 saturated heterocycles. The lowest BCUT2D eigenvalue weighted by molar-refractivity contribution is -0.122. The van der Waals surface area contributed by atoms with Crippen LogP contribution >= 0.6 is 0 Å². The van der Waals surface area contributed by atoms with Gasteiger partial charge in [-0.2, -0.15) is 0 Å². The molecule has 15 heavy (non-hydrogen) atoms. The number of hydrogen-bond acceptors (Lipinski definition) is 3. The van der Waals surface area contributed by atoms with E-state index < -0.39 is 6.04 Å². The van der Waals surface area contributed by atoms with Crippen LogP contribution in [0.4, 0.5) is 0 Å². The van der Waals surface area contributed by atoms with Crippen LogP contribution in [0.1, 0.15) is 12.0 Å². The topological polar surface area (TPSA) is 81.1 Å². The van der Waals surface area contributed by atoms with Gasteiger partial charge in [0.25, 0.3) is 0 Å². The average molecular weight is 207 g/mol. The highest BCUT2D eigenvalue weighted by Gasteiger charge is 2.11. The predicted octanol–water partition coefficient (Wildman–Crippen LogP) is -0.0211. The fourth-order valence-corrected chi connectivity index (χ4v) is 1.23. The lowest BCUT2D eigenvalue weighted by atomic mass is 10.2. The smallest absolute Gasteiger partial charge is 0.237 e. The number of hydrogen-bond donors (Lipinski definition) is 3. The third kappa shape index (κ3) is 4.10. The molecule has 0 saturated carbocycles. The number of amides is 1. The summed E-state index contributed by atoms with van der Waals surface area (Å²) >= 11 is 0. The first kappa shape index (κ1) is 11.7. The Morgan fingerprint density at radius 3 is 2.60 bits per heavy atom. The summed E-state index contributed by atoms with van der Waals surface area (Å²) in [5, 5.41) is 2.76. The minimum Gasteiger partial charge on any atom is -0.351 e. The van der Waals surface area contributed by atoms with Crippen LogP contribution in [0.25, 0.3) is 0 Å². The Labute approximate surface area is 89.6 Å². The van der Waals surface area contributed by atoms with Crippen molar-refractivity contribution in [3.8, 4) is 0 Å². The van der Waals surface area contributed by atoms with Crippen LogP contribution in [0.2, 0.25) is 0 Å². The van der Waals surface area contributed by atoms with Crippen LogP contribution in [0, 0.1) is 0 Å². The van der Waals surface area contributed by atoms with Gasteiger partial charge in [0, 0.05) is 6.54 Å². The lowest BCUT2D eigenvalue weighted by Gasteiger charge is -2.10. The van der Waals surface area contributed by atoms with Crippen molar-refractivity contribution in [1.29, 1.82) is 0 Å². The summed E-state index contributed by atoms with van der Waals surface area (Å²) in [5.74, 6) is -0.149. The average Bonchev–Trinajstić information content (AvgIpc) is 2.27. The Kier molecular flexibility index (Phi) is 4.80. The molecule has 0 aliphatic rings. The third-order valence-electron chi connectivity index (χ3n) is 2.12. The van der Waals surface area contributed by atoms with Crippen molar-refractivity contribution in [2.75, 3.05) is 6.54 Å². The highest BCUT2D eigenvalue weighted by molar-refractivity contribution is 5.81. The second kappa shape index (κ2) is 6.16. The zero-order valence-corrected chi connectivity index (χ0v) is 8.65. The second-order valence-electron chi connectivity index (χ2n) is 3.39. The van der Waals surface area contributed by atoms with Gasteiger partial charge in [0.1, 0.15) is 0 Å². The molecule has 0 aliphatic carbocycles. The third-order valence-corrected chi connectivity index (χ3v) is 2.12. The zero-order valence-electron chi connectivity index (χ0n) is 8.65. The first-order valence-corrected chi connectivity index (χ1v) is 5.01. The number of carbonyl (C=O) groups excluding carboxylic acids is 1. The van der Waals surface area contributed by atoms with Crippen LogP contribution in [0.15, 0.2) is 30.3 Å². The van der Waals surface area contributed by atoms with E-state index in [-0.39, 0.29) is 5.91 Å². The summed E-state index contributed by atoms with van der Waals surface area (Å²) in [5.41, 5.74) is 12.0. The van der Waals surface area contributed by atoms with Crippen molar-refractivity contribution in [3.63, 3.8) is 0 Å². The molecule has 1 unspecified atom stereocenters. The SMILES string of the molecule is NCCC(N)C(=O)NCc1ccccc1. The maximum absolute atomic E-state index is 11.4. The molecule has 0 fully saturated rings. The first-order valence-electron chi connectivity index (χ1n) is 5.01. The van der Waals surface area contributed by atoms with Gasteiger partial charge in [0.05, 0.1) is 6.04 Å². The molecule has 0 aliphatic heterocycles. The molecule has 1 amide bonds. The van der Waals surface area contributed by atoms with Crippen molar-refractivity contribution >= 4 is 5.91 Å². The van der Waals surface area contributed by atoms with Gasteiger partial charge in [0.2, 0.25) is 5.91 Å². The summed E-state index contributed by atoms with van der Waals surface area (Å²) in [7, 11) is 0. The minimum absolute atomic E-state index is 0.149. The van der Waals surface area contributed by atoms with Crippen molar-refractivity contribution < 1.29 is 4.79 Å². The van der Waals surface area contributed by atoms with Crippen LogP contribution in [0.3, 0.4) is 0 Å². The molecule has 1 aromatic rings. The van der Waals surface area contributed by atoms with E-state index >= 15 is 0 Å².